The first-order valence-electron chi connectivity index (χ1n) is 5.65. The first kappa shape index (κ1) is 13.6. The standard InChI is InChI=1S/C9H16ClNO4S2/c10-8-1-4-11(7-8)17(14,15)9-2-5-16(12,13)6-3-9/h8-9H,1-7H2. The Labute approximate surface area is 107 Å². The fourth-order valence-corrected chi connectivity index (χ4v) is 6.43. The predicted molar refractivity (Wildman–Crippen MR) is 66.4 cm³/mol. The lowest BCUT2D eigenvalue weighted by molar-refractivity contribution is 0.458. The molecule has 0 radical (unpaired) electrons. The van der Waals surface area contributed by atoms with Gasteiger partial charge in [0.15, 0.2) is 0 Å². The third-order valence-corrected chi connectivity index (χ3v) is 7.81. The summed E-state index contributed by atoms with van der Waals surface area (Å²) >= 11 is 5.90. The highest BCUT2D eigenvalue weighted by atomic mass is 35.5. The normalized spacial score (nSPS) is 31.7. The molecule has 1 atom stereocenters. The van der Waals surface area contributed by atoms with Crippen molar-refractivity contribution in [2.24, 2.45) is 0 Å². The fourth-order valence-electron chi connectivity index (χ4n) is 2.30. The van der Waals surface area contributed by atoms with Crippen molar-refractivity contribution < 1.29 is 16.8 Å². The zero-order valence-electron chi connectivity index (χ0n) is 9.38. The Balaban J connectivity index is 2.07. The summed E-state index contributed by atoms with van der Waals surface area (Å²) in [5.74, 6) is -0.0376. The summed E-state index contributed by atoms with van der Waals surface area (Å²) in [5.41, 5.74) is 0. The van der Waals surface area contributed by atoms with Crippen molar-refractivity contribution in [1.29, 1.82) is 0 Å². The van der Waals surface area contributed by atoms with E-state index >= 15 is 0 Å². The van der Waals surface area contributed by atoms with Crippen LogP contribution in [0.4, 0.5) is 0 Å². The molecule has 0 aromatic heterocycles. The molecule has 2 heterocycles. The van der Waals surface area contributed by atoms with E-state index in [0.717, 1.165) is 0 Å². The van der Waals surface area contributed by atoms with Gasteiger partial charge in [0.25, 0.3) is 0 Å². The number of nitrogens with zero attached hydrogens (tertiary/aromatic N) is 1. The molecule has 8 heteroatoms. The second-order valence-electron chi connectivity index (χ2n) is 4.64. The summed E-state index contributed by atoms with van der Waals surface area (Å²) in [6.45, 7) is 0.812. The van der Waals surface area contributed by atoms with E-state index in [9.17, 15) is 16.8 Å². The summed E-state index contributed by atoms with van der Waals surface area (Å²) < 4.78 is 48.4. The molecule has 0 saturated carbocycles. The van der Waals surface area contributed by atoms with Crippen LogP contribution in [0.3, 0.4) is 0 Å². The third-order valence-electron chi connectivity index (χ3n) is 3.38. The van der Waals surface area contributed by atoms with Crippen molar-refractivity contribution in [1.82, 2.24) is 4.31 Å². The van der Waals surface area contributed by atoms with E-state index in [1.54, 1.807) is 0 Å². The molecule has 0 amide bonds. The molecule has 2 aliphatic rings. The molecular weight excluding hydrogens is 286 g/mol. The summed E-state index contributed by atoms with van der Waals surface area (Å²) in [4.78, 5) is 0. The molecule has 2 saturated heterocycles. The first-order valence-corrected chi connectivity index (χ1v) is 9.41. The number of sulfonamides is 1. The average Bonchev–Trinajstić information content (AvgIpc) is 2.65. The van der Waals surface area contributed by atoms with Crippen molar-refractivity contribution in [2.45, 2.75) is 29.9 Å². The average molecular weight is 302 g/mol. The van der Waals surface area contributed by atoms with Gasteiger partial charge >= 0.3 is 0 Å². The zero-order valence-corrected chi connectivity index (χ0v) is 11.8. The molecule has 2 rings (SSSR count). The topological polar surface area (TPSA) is 71.5 Å². The number of hydrogen-bond donors (Lipinski definition) is 0. The van der Waals surface area contributed by atoms with Crippen LogP contribution < -0.4 is 0 Å². The van der Waals surface area contributed by atoms with Crippen molar-refractivity contribution in [2.75, 3.05) is 24.6 Å². The van der Waals surface area contributed by atoms with E-state index in [4.69, 9.17) is 11.6 Å². The molecule has 100 valence electrons. The monoisotopic (exact) mass is 301 g/mol. The molecule has 0 bridgehead atoms. The second kappa shape index (κ2) is 4.68. The minimum absolute atomic E-state index is 0.0188. The van der Waals surface area contributed by atoms with Crippen molar-refractivity contribution >= 4 is 31.5 Å². The van der Waals surface area contributed by atoms with Gasteiger partial charge in [0.1, 0.15) is 9.84 Å². The Morgan fingerprint density at radius 3 is 2.18 bits per heavy atom. The number of hydrogen-bond acceptors (Lipinski definition) is 4. The van der Waals surface area contributed by atoms with Crippen LogP contribution in [0.1, 0.15) is 19.3 Å². The van der Waals surface area contributed by atoms with Crippen LogP contribution in [0.25, 0.3) is 0 Å². The van der Waals surface area contributed by atoms with Crippen molar-refractivity contribution in [3.8, 4) is 0 Å². The Hall–Kier alpha value is 0.150. The lowest BCUT2D eigenvalue weighted by Crippen LogP contribution is -2.41. The van der Waals surface area contributed by atoms with Crippen LogP contribution in [0.5, 0.6) is 0 Å². The van der Waals surface area contributed by atoms with Gasteiger partial charge in [-0.15, -0.1) is 11.6 Å². The van der Waals surface area contributed by atoms with Crippen LogP contribution in [0.15, 0.2) is 0 Å². The largest absolute Gasteiger partial charge is 0.229 e. The minimum Gasteiger partial charge on any atom is -0.229 e. The minimum atomic E-state index is -3.36. The lowest BCUT2D eigenvalue weighted by Gasteiger charge is -2.26. The summed E-state index contributed by atoms with van der Waals surface area (Å²) in [7, 11) is -6.38. The highest BCUT2D eigenvalue weighted by Gasteiger charge is 2.39. The van der Waals surface area contributed by atoms with Crippen molar-refractivity contribution in [3.05, 3.63) is 0 Å². The maximum absolute atomic E-state index is 12.2. The van der Waals surface area contributed by atoms with Crippen LogP contribution in [-0.4, -0.2) is 56.4 Å². The number of rotatable bonds is 2. The van der Waals surface area contributed by atoms with Gasteiger partial charge < -0.3 is 0 Å². The highest BCUT2D eigenvalue weighted by Crippen LogP contribution is 2.26. The Morgan fingerprint density at radius 2 is 1.71 bits per heavy atom. The SMILES string of the molecule is O=S1(=O)CCC(S(=O)(=O)N2CCC(Cl)C2)CC1. The second-order valence-corrected chi connectivity index (χ2v) is 9.77. The summed E-state index contributed by atoms with van der Waals surface area (Å²) in [6.07, 6.45) is 1.11. The van der Waals surface area contributed by atoms with Crippen LogP contribution in [0, 0.1) is 0 Å². The van der Waals surface area contributed by atoms with Gasteiger partial charge in [-0.2, -0.15) is 0 Å². The molecule has 0 aliphatic carbocycles. The molecule has 2 fully saturated rings. The van der Waals surface area contributed by atoms with Crippen molar-refractivity contribution in [3.63, 3.8) is 0 Å². The number of alkyl halides is 1. The molecule has 0 spiro atoms. The van der Waals surface area contributed by atoms with E-state index in [-0.39, 0.29) is 29.7 Å². The van der Waals surface area contributed by atoms with Gasteiger partial charge in [-0.05, 0) is 19.3 Å². The molecule has 1 unspecified atom stereocenters. The van der Waals surface area contributed by atoms with Gasteiger partial charge in [0, 0.05) is 18.5 Å². The van der Waals surface area contributed by atoms with E-state index in [1.165, 1.54) is 4.31 Å². The molecule has 17 heavy (non-hydrogen) atoms. The quantitative estimate of drug-likeness (QED) is 0.684. The number of halogens is 1. The Morgan fingerprint density at radius 1 is 1.12 bits per heavy atom. The summed E-state index contributed by atoms with van der Waals surface area (Å²) in [5, 5.41) is -0.662. The van der Waals surface area contributed by atoms with Crippen LogP contribution >= 0.6 is 11.6 Å². The van der Waals surface area contributed by atoms with Gasteiger partial charge in [-0.1, -0.05) is 0 Å². The maximum atomic E-state index is 12.2. The van der Waals surface area contributed by atoms with Gasteiger partial charge in [0.05, 0.1) is 16.8 Å². The van der Waals surface area contributed by atoms with E-state index in [0.29, 0.717) is 19.5 Å². The molecule has 0 aromatic rings. The molecule has 5 nitrogen and oxygen atoms in total. The maximum Gasteiger partial charge on any atom is 0.217 e. The highest BCUT2D eigenvalue weighted by molar-refractivity contribution is 7.92. The molecule has 0 aromatic carbocycles. The molecular formula is C9H16ClNO4S2. The van der Waals surface area contributed by atoms with Crippen LogP contribution in [-0.2, 0) is 19.9 Å². The lowest BCUT2D eigenvalue weighted by atomic mass is 10.2. The van der Waals surface area contributed by atoms with Crippen LogP contribution in [0.2, 0.25) is 0 Å². The molecule has 0 N–H and O–H groups in total. The fraction of sp³-hybridized carbons (Fsp3) is 1.00. The third kappa shape index (κ3) is 2.94. The zero-order chi connectivity index (χ0) is 12.7. The molecule has 2 aliphatic heterocycles. The van der Waals surface area contributed by atoms with E-state index in [2.05, 4.69) is 0 Å². The smallest absolute Gasteiger partial charge is 0.217 e. The predicted octanol–water partition coefficient (Wildman–Crippen LogP) is 0.207. The van der Waals surface area contributed by atoms with E-state index in [1.807, 2.05) is 0 Å². The van der Waals surface area contributed by atoms with Gasteiger partial charge in [-0.3, -0.25) is 0 Å². The Kier molecular flexibility index (Phi) is 3.74. The summed E-state index contributed by atoms with van der Waals surface area (Å²) in [6, 6.07) is 0. The first-order chi connectivity index (χ1) is 7.81. The van der Waals surface area contributed by atoms with E-state index < -0.39 is 25.1 Å². The Bertz CT molecular complexity index is 473. The number of sulfone groups is 1. The van der Waals surface area contributed by atoms with Gasteiger partial charge in [-0.25, -0.2) is 21.1 Å². The van der Waals surface area contributed by atoms with Gasteiger partial charge in [0.2, 0.25) is 10.0 Å².